The first-order chi connectivity index (χ1) is 10.5. The highest BCUT2D eigenvalue weighted by Gasteiger charge is 2.25. The number of nitrogens with zero attached hydrogens (tertiary/aromatic N) is 1. The second kappa shape index (κ2) is 6.89. The van der Waals surface area contributed by atoms with Gasteiger partial charge >= 0.3 is 0 Å². The van der Waals surface area contributed by atoms with Crippen LogP contribution >= 0.6 is 0 Å². The fourth-order valence-corrected chi connectivity index (χ4v) is 2.07. The first kappa shape index (κ1) is 15.8. The first-order valence-corrected chi connectivity index (χ1v) is 7.15. The van der Waals surface area contributed by atoms with Gasteiger partial charge in [-0.3, -0.25) is 9.59 Å². The van der Waals surface area contributed by atoms with Crippen LogP contribution in [0.25, 0.3) is 11.3 Å². The van der Waals surface area contributed by atoms with E-state index in [1.807, 2.05) is 44.2 Å². The Balaban J connectivity index is 2.13. The fraction of sp³-hybridized carbons (Fsp3) is 0.312. The molecule has 6 nitrogen and oxygen atoms in total. The van der Waals surface area contributed by atoms with Gasteiger partial charge in [-0.25, -0.2) is 0 Å². The van der Waals surface area contributed by atoms with E-state index in [1.165, 1.54) is 0 Å². The van der Waals surface area contributed by atoms with Crippen LogP contribution in [0, 0.1) is 5.92 Å². The lowest BCUT2D eigenvalue weighted by Gasteiger charge is -2.20. The normalized spacial score (nSPS) is 13.4. The Hall–Kier alpha value is -2.63. The number of hydrogen-bond donors (Lipinski definition) is 2. The molecule has 0 saturated carbocycles. The molecule has 1 aromatic heterocycles. The monoisotopic (exact) mass is 301 g/mol. The van der Waals surface area contributed by atoms with E-state index in [4.69, 9.17) is 10.3 Å². The van der Waals surface area contributed by atoms with E-state index in [0.29, 0.717) is 5.69 Å². The number of rotatable bonds is 6. The third-order valence-corrected chi connectivity index (χ3v) is 3.61. The molecule has 2 unspecified atom stereocenters. The number of nitrogens with two attached hydrogens (primary N) is 1. The molecule has 1 aromatic carbocycles. The summed E-state index contributed by atoms with van der Waals surface area (Å²) in [5.74, 6) is -1.07. The van der Waals surface area contributed by atoms with Crippen LogP contribution in [-0.4, -0.2) is 23.0 Å². The molecular weight excluding hydrogens is 282 g/mol. The highest BCUT2D eigenvalue weighted by atomic mass is 16.5. The van der Waals surface area contributed by atoms with Crippen molar-refractivity contribution in [3.8, 4) is 11.3 Å². The number of primary amides is 1. The largest absolute Gasteiger partial charge is 0.368 e. The van der Waals surface area contributed by atoms with Crippen LogP contribution in [0.5, 0.6) is 0 Å². The lowest BCUT2D eigenvalue weighted by Crippen LogP contribution is -2.48. The predicted molar refractivity (Wildman–Crippen MR) is 81.8 cm³/mol. The van der Waals surface area contributed by atoms with Gasteiger partial charge in [-0.15, -0.1) is 0 Å². The van der Waals surface area contributed by atoms with Crippen molar-refractivity contribution in [3.05, 3.63) is 42.2 Å². The second-order valence-corrected chi connectivity index (χ2v) is 5.18. The lowest BCUT2D eigenvalue weighted by molar-refractivity contribution is -0.120. The Morgan fingerprint density at radius 2 is 2.00 bits per heavy atom. The quantitative estimate of drug-likeness (QED) is 0.852. The summed E-state index contributed by atoms with van der Waals surface area (Å²) in [5.41, 5.74) is 6.74. The average molecular weight is 301 g/mol. The Morgan fingerprint density at radius 1 is 1.32 bits per heavy atom. The zero-order chi connectivity index (χ0) is 16.1. The molecule has 2 rings (SSSR count). The van der Waals surface area contributed by atoms with E-state index in [9.17, 15) is 9.59 Å². The van der Waals surface area contributed by atoms with Crippen LogP contribution in [0.15, 0.2) is 40.9 Å². The molecule has 0 aliphatic carbocycles. The minimum absolute atomic E-state index is 0.0495. The van der Waals surface area contributed by atoms with Crippen LogP contribution < -0.4 is 11.1 Å². The number of aromatic nitrogens is 1. The number of nitrogens with one attached hydrogen (secondary N) is 1. The Bertz CT molecular complexity index is 652. The van der Waals surface area contributed by atoms with Gasteiger partial charge in [0.25, 0.3) is 5.91 Å². The second-order valence-electron chi connectivity index (χ2n) is 5.18. The summed E-state index contributed by atoms with van der Waals surface area (Å²) in [4.78, 5) is 23.6. The van der Waals surface area contributed by atoms with Crippen molar-refractivity contribution in [1.29, 1.82) is 0 Å². The number of amides is 2. The molecule has 22 heavy (non-hydrogen) atoms. The maximum Gasteiger partial charge on any atom is 0.290 e. The van der Waals surface area contributed by atoms with E-state index in [2.05, 4.69) is 10.5 Å². The van der Waals surface area contributed by atoms with Gasteiger partial charge < -0.3 is 15.6 Å². The molecule has 0 bridgehead atoms. The smallest absolute Gasteiger partial charge is 0.290 e. The molecule has 0 saturated heterocycles. The van der Waals surface area contributed by atoms with Gasteiger partial charge in [0.05, 0.1) is 0 Å². The summed E-state index contributed by atoms with van der Waals surface area (Å²) >= 11 is 0. The van der Waals surface area contributed by atoms with E-state index >= 15 is 0 Å². The van der Waals surface area contributed by atoms with Crippen LogP contribution in [0.3, 0.4) is 0 Å². The van der Waals surface area contributed by atoms with Gasteiger partial charge in [-0.1, -0.05) is 55.8 Å². The molecule has 3 N–H and O–H groups in total. The van der Waals surface area contributed by atoms with Crippen LogP contribution in [0.4, 0.5) is 0 Å². The Kier molecular flexibility index (Phi) is 4.93. The minimum atomic E-state index is -0.734. The van der Waals surface area contributed by atoms with Crippen molar-refractivity contribution in [2.24, 2.45) is 11.7 Å². The third-order valence-electron chi connectivity index (χ3n) is 3.61. The SMILES string of the molecule is CCC(C)C(NC(=O)c1cc(-c2ccccc2)no1)C(N)=O. The standard InChI is InChI=1S/C16H19N3O3/c1-3-10(2)14(15(17)20)18-16(21)13-9-12(19-22-13)11-7-5-4-6-8-11/h4-10,14H,3H2,1-2H3,(H2,17,20)(H,18,21). The molecule has 0 radical (unpaired) electrons. The third kappa shape index (κ3) is 3.52. The maximum absolute atomic E-state index is 12.2. The van der Waals surface area contributed by atoms with Gasteiger partial charge in [-0.05, 0) is 5.92 Å². The van der Waals surface area contributed by atoms with Crippen LogP contribution in [0.1, 0.15) is 30.8 Å². The molecule has 0 aliphatic heterocycles. The van der Waals surface area contributed by atoms with E-state index < -0.39 is 17.9 Å². The van der Waals surface area contributed by atoms with Crippen molar-refractivity contribution < 1.29 is 14.1 Å². The van der Waals surface area contributed by atoms with E-state index in [1.54, 1.807) is 6.07 Å². The summed E-state index contributed by atoms with van der Waals surface area (Å²) < 4.78 is 5.06. The van der Waals surface area contributed by atoms with Crippen molar-refractivity contribution in [2.75, 3.05) is 0 Å². The fourth-order valence-electron chi connectivity index (χ4n) is 2.07. The summed E-state index contributed by atoms with van der Waals surface area (Å²) in [6.07, 6.45) is 0.722. The zero-order valence-corrected chi connectivity index (χ0v) is 12.6. The van der Waals surface area contributed by atoms with E-state index in [-0.39, 0.29) is 11.7 Å². The Labute approximate surface area is 128 Å². The molecule has 2 atom stereocenters. The molecule has 1 heterocycles. The first-order valence-electron chi connectivity index (χ1n) is 7.15. The van der Waals surface area contributed by atoms with Crippen molar-refractivity contribution >= 4 is 11.8 Å². The van der Waals surface area contributed by atoms with Gasteiger partial charge in [0.1, 0.15) is 11.7 Å². The maximum atomic E-state index is 12.2. The predicted octanol–water partition coefficient (Wildman–Crippen LogP) is 1.97. The average Bonchev–Trinajstić information content (AvgIpc) is 3.02. The summed E-state index contributed by atoms with van der Waals surface area (Å²) in [6, 6.07) is 10.2. The summed E-state index contributed by atoms with van der Waals surface area (Å²) in [7, 11) is 0. The number of carbonyl (C=O) groups excluding carboxylic acids is 2. The molecule has 6 heteroatoms. The van der Waals surface area contributed by atoms with Crippen molar-refractivity contribution in [2.45, 2.75) is 26.3 Å². The van der Waals surface area contributed by atoms with Crippen molar-refractivity contribution in [1.82, 2.24) is 10.5 Å². The van der Waals surface area contributed by atoms with E-state index in [0.717, 1.165) is 12.0 Å². The molecule has 0 fully saturated rings. The zero-order valence-electron chi connectivity index (χ0n) is 12.6. The number of carbonyl (C=O) groups is 2. The van der Waals surface area contributed by atoms with Crippen LogP contribution in [-0.2, 0) is 4.79 Å². The number of benzene rings is 1. The Morgan fingerprint density at radius 3 is 2.59 bits per heavy atom. The van der Waals surface area contributed by atoms with Gasteiger partial charge in [-0.2, -0.15) is 0 Å². The summed E-state index contributed by atoms with van der Waals surface area (Å²) in [6.45, 7) is 3.78. The van der Waals surface area contributed by atoms with Crippen molar-refractivity contribution in [3.63, 3.8) is 0 Å². The molecule has 0 spiro atoms. The molecule has 2 amide bonds. The highest BCUT2D eigenvalue weighted by molar-refractivity contribution is 5.95. The van der Waals surface area contributed by atoms with Crippen LogP contribution in [0.2, 0.25) is 0 Å². The topological polar surface area (TPSA) is 98.2 Å². The van der Waals surface area contributed by atoms with Gasteiger partial charge in [0.2, 0.25) is 11.7 Å². The molecular formula is C16H19N3O3. The minimum Gasteiger partial charge on any atom is -0.368 e. The number of hydrogen-bond acceptors (Lipinski definition) is 4. The highest BCUT2D eigenvalue weighted by Crippen LogP contribution is 2.18. The lowest BCUT2D eigenvalue weighted by atomic mass is 9.98. The molecule has 2 aromatic rings. The van der Waals surface area contributed by atoms with Gasteiger partial charge in [0.15, 0.2) is 0 Å². The van der Waals surface area contributed by atoms with Gasteiger partial charge in [0, 0.05) is 11.6 Å². The molecule has 116 valence electrons. The molecule has 0 aliphatic rings. The summed E-state index contributed by atoms with van der Waals surface area (Å²) in [5, 5.41) is 6.47.